The van der Waals surface area contributed by atoms with Crippen molar-refractivity contribution in [1.29, 1.82) is 0 Å². The molecule has 0 aliphatic carbocycles. The van der Waals surface area contributed by atoms with Crippen LogP contribution in [-0.2, 0) is 0 Å². The van der Waals surface area contributed by atoms with Crippen LogP contribution in [0.5, 0.6) is 0 Å². The summed E-state index contributed by atoms with van der Waals surface area (Å²) in [5.74, 6) is 0. The fourth-order valence-electron chi connectivity index (χ4n) is 3.45. The van der Waals surface area contributed by atoms with E-state index in [9.17, 15) is 0 Å². The lowest BCUT2D eigenvalue weighted by Gasteiger charge is -2.49. The van der Waals surface area contributed by atoms with E-state index in [1.807, 2.05) is 0 Å². The molecule has 1 N–H and O–H groups in total. The molecule has 0 bridgehead atoms. The van der Waals surface area contributed by atoms with Gasteiger partial charge in [-0.2, -0.15) is 0 Å². The Balaban J connectivity index is 1.87. The second-order valence-electron chi connectivity index (χ2n) is 6.26. The van der Waals surface area contributed by atoms with Crippen LogP contribution in [0, 0.1) is 0 Å². The minimum absolute atomic E-state index is 0.343. The first-order valence-electron chi connectivity index (χ1n) is 7.33. The molecule has 2 fully saturated rings. The van der Waals surface area contributed by atoms with Gasteiger partial charge in [0.2, 0.25) is 0 Å². The standard InChI is InChI=1S/C14H29N3/c1-4-8-16-9-5-13(6-10-16)17-11-7-15-12-14(17,2)3/h13,15H,4-12H2,1-3H3. The number of nitrogens with one attached hydrogen (secondary N) is 1. The van der Waals surface area contributed by atoms with E-state index in [0.29, 0.717) is 5.54 Å². The van der Waals surface area contributed by atoms with Crippen LogP contribution in [0.25, 0.3) is 0 Å². The molecule has 0 radical (unpaired) electrons. The summed E-state index contributed by atoms with van der Waals surface area (Å²) in [6, 6.07) is 0.820. The molecule has 2 saturated heterocycles. The summed E-state index contributed by atoms with van der Waals surface area (Å²) in [5.41, 5.74) is 0.343. The Hall–Kier alpha value is -0.120. The molecule has 0 amide bonds. The van der Waals surface area contributed by atoms with E-state index < -0.39 is 0 Å². The SMILES string of the molecule is CCCN1CCC(N2CCNCC2(C)C)CC1. The van der Waals surface area contributed by atoms with Crippen molar-refractivity contribution in [2.24, 2.45) is 0 Å². The molecule has 3 nitrogen and oxygen atoms in total. The molecule has 0 aromatic carbocycles. The highest BCUT2D eigenvalue weighted by Crippen LogP contribution is 2.25. The van der Waals surface area contributed by atoms with Crippen molar-refractivity contribution in [2.75, 3.05) is 39.3 Å². The fourth-order valence-corrected chi connectivity index (χ4v) is 3.45. The largest absolute Gasteiger partial charge is 0.314 e. The lowest BCUT2D eigenvalue weighted by Crippen LogP contribution is -2.62. The predicted octanol–water partition coefficient (Wildman–Crippen LogP) is 1.54. The van der Waals surface area contributed by atoms with Gasteiger partial charge >= 0.3 is 0 Å². The maximum absolute atomic E-state index is 3.52. The quantitative estimate of drug-likeness (QED) is 0.806. The maximum atomic E-state index is 3.52. The number of hydrogen-bond acceptors (Lipinski definition) is 3. The first-order valence-corrected chi connectivity index (χ1v) is 7.33. The highest BCUT2D eigenvalue weighted by Gasteiger charge is 2.35. The number of piperazine rings is 1. The van der Waals surface area contributed by atoms with Gasteiger partial charge < -0.3 is 10.2 Å². The zero-order chi connectivity index (χ0) is 12.3. The summed E-state index contributed by atoms with van der Waals surface area (Å²) >= 11 is 0. The first kappa shape index (κ1) is 13.3. The zero-order valence-corrected chi connectivity index (χ0v) is 11.8. The van der Waals surface area contributed by atoms with Crippen LogP contribution in [0.4, 0.5) is 0 Å². The van der Waals surface area contributed by atoms with Gasteiger partial charge in [0.15, 0.2) is 0 Å². The van der Waals surface area contributed by atoms with Gasteiger partial charge in [-0.1, -0.05) is 6.92 Å². The average Bonchev–Trinajstić information content (AvgIpc) is 2.30. The molecular weight excluding hydrogens is 210 g/mol. The Morgan fingerprint density at radius 3 is 2.47 bits per heavy atom. The van der Waals surface area contributed by atoms with Gasteiger partial charge in [0.05, 0.1) is 0 Å². The minimum Gasteiger partial charge on any atom is -0.314 e. The monoisotopic (exact) mass is 239 g/mol. The number of likely N-dealkylation sites (tertiary alicyclic amines) is 1. The van der Waals surface area contributed by atoms with Crippen LogP contribution >= 0.6 is 0 Å². The van der Waals surface area contributed by atoms with Crippen molar-refractivity contribution in [1.82, 2.24) is 15.1 Å². The molecule has 0 aromatic heterocycles. The third-order valence-electron chi connectivity index (χ3n) is 4.40. The summed E-state index contributed by atoms with van der Waals surface area (Å²) in [6.07, 6.45) is 4.02. The van der Waals surface area contributed by atoms with Crippen molar-refractivity contribution in [2.45, 2.75) is 51.6 Å². The summed E-state index contributed by atoms with van der Waals surface area (Å²) in [7, 11) is 0. The van der Waals surface area contributed by atoms with E-state index in [4.69, 9.17) is 0 Å². The van der Waals surface area contributed by atoms with E-state index in [1.165, 1.54) is 52.0 Å². The van der Waals surface area contributed by atoms with Gasteiger partial charge in [-0.05, 0) is 52.7 Å². The minimum atomic E-state index is 0.343. The van der Waals surface area contributed by atoms with Gasteiger partial charge in [-0.25, -0.2) is 0 Å². The maximum Gasteiger partial charge on any atom is 0.0281 e. The molecule has 17 heavy (non-hydrogen) atoms. The van der Waals surface area contributed by atoms with E-state index >= 15 is 0 Å². The predicted molar refractivity (Wildman–Crippen MR) is 73.4 cm³/mol. The van der Waals surface area contributed by atoms with Gasteiger partial charge in [0.1, 0.15) is 0 Å². The highest BCUT2D eigenvalue weighted by atomic mass is 15.3. The normalized spacial score (nSPS) is 28.4. The van der Waals surface area contributed by atoms with E-state index in [0.717, 1.165) is 12.6 Å². The summed E-state index contributed by atoms with van der Waals surface area (Å²) in [4.78, 5) is 5.39. The second kappa shape index (κ2) is 5.68. The van der Waals surface area contributed by atoms with Crippen molar-refractivity contribution < 1.29 is 0 Å². The van der Waals surface area contributed by atoms with Gasteiger partial charge in [-0.15, -0.1) is 0 Å². The first-order chi connectivity index (χ1) is 8.13. The van der Waals surface area contributed by atoms with Crippen LogP contribution in [0.3, 0.4) is 0 Å². The topological polar surface area (TPSA) is 18.5 Å². The smallest absolute Gasteiger partial charge is 0.0281 e. The molecule has 2 heterocycles. The number of nitrogens with zero attached hydrogens (tertiary/aromatic N) is 2. The molecule has 2 aliphatic rings. The van der Waals surface area contributed by atoms with E-state index in [1.54, 1.807) is 0 Å². The Morgan fingerprint density at radius 2 is 1.88 bits per heavy atom. The van der Waals surface area contributed by atoms with E-state index in [2.05, 4.69) is 35.9 Å². The summed E-state index contributed by atoms with van der Waals surface area (Å²) in [6.45, 7) is 14.5. The highest BCUT2D eigenvalue weighted by molar-refractivity contribution is 4.93. The van der Waals surface area contributed by atoms with Crippen molar-refractivity contribution in [3.05, 3.63) is 0 Å². The zero-order valence-electron chi connectivity index (χ0n) is 11.8. The Bertz CT molecular complexity index is 232. The van der Waals surface area contributed by atoms with Crippen LogP contribution < -0.4 is 5.32 Å². The van der Waals surface area contributed by atoms with E-state index in [-0.39, 0.29) is 0 Å². The Morgan fingerprint density at radius 1 is 1.18 bits per heavy atom. The number of rotatable bonds is 3. The molecule has 0 unspecified atom stereocenters. The average molecular weight is 239 g/mol. The van der Waals surface area contributed by atoms with Crippen molar-refractivity contribution >= 4 is 0 Å². The number of hydrogen-bond donors (Lipinski definition) is 1. The Kier molecular flexibility index (Phi) is 4.45. The fraction of sp³-hybridized carbons (Fsp3) is 1.00. The molecular formula is C14H29N3. The number of piperidine rings is 1. The third-order valence-corrected chi connectivity index (χ3v) is 4.40. The third kappa shape index (κ3) is 3.21. The molecule has 2 aliphatic heterocycles. The van der Waals surface area contributed by atoms with Crippen LogP contribution in [0.15, 0.2) is 0 Å². The Labute approximate surface area is 107 Å². The van der Waals surface area contributed by atoms with Crippen LogP contribution in [0.1, 0.15) is 40.0 Å². The molecule has 0 spiro atoms. The molecule has 100 valence electrons. The van der Waals surface area contributed by atoms with Gasteiger partial charge in [-0.3, -0.25) is 4.90 Å². The molecule has 3 heteroatoms. The van der Waals surface area contributed by atoms with Gasteiger partial charge in [0.25, 0.3) is 0 Å². The molecule has 0 saturated carbocycles. The summed E-state index contributed by atoms with van der Waals surface area (Å²) in [5, 5.41) is 3.52. The van der Waals surface area contributed by atoms with Gasteiger partial charge in [0, 0.05) is 31.2 Å². The lowest BCUT2D eigenvalue weighted by molar-refractivity contribution is 0.0140. The lowest BCUT2D eigenvalue weighted by atomic mass is 9.93. The van der Waals surface area contributed by atoms with Crippen LogP contribution in [0.2, 0.25) is 0 Å². The second-order valence-corrected chi connectivity index (χ2v) is 6.26. The van der Waals surface area contributed by atoms with Crippen LogP contribution in [-0.4, -0.2) is 60.6 Å². The van der Waals surface area contributed by atoms with Crippen molar-refractivity contribution in [3.8, 4) is 0 Å². The molecule has 0 atom stereocenters. The summed E-state index contributed by atoms with van der Waals surface area (Å²) < 4.78 is 0. The molecule has 0 aromatic rings. The molecule has 2 rings (SSSR count). The van der Waals surface area contributed by atoms with Crippen molar-refractivity contribution in [3.63, 3.8) is 0 Å².